The van der Waals surface area contributed by atoms with Crippen molar-refractivity contribution in [3.63, 3.8) is 0 Å². The van der Waals surface area contributed by atoms with E-state index in [-0.39, 0.29) is 18.2 Å². The van der Waals surface area contributed by atoms with Gasteiger partial charge in [-0.15, -0.1) is 5.10 Å². The number of aliphatic hydroxyl groups excluding tert-OH is 1. The second-order valence-corrected chi connectivity index (χ2v) is 9.07. The molecule has 160 valence electrons. The van der Waals surface area contributed by atoms with Crippen LogP contribution in [0.3, 0.4) is 0 Å². The van der Waals surface area contributed by atoms with Gasteiger partial charge in [0.15, 0.2) is 22.1 Å². The van der Waals surface area contributed by atoms with Crippen molar-refractivity contribution in [1.82, 2.24) is 25.0 Å². The number of nitrogens with zero attached hydrogens (tertiary/aromatic N) is 5. The SMILES string of the molecule is CCCCOc1nc(SCCC)nc2c1nnn2[C@@H]1C[C@H](O)[C@H]2OC(C)(C)O[C@H]21. The van der Waals surface area contributed by atoms with E-state index >= 15 is 0 Å². The smallest absolute Gasteiger partial charge is 0.248 e. The average molecular weight is 424 g/mol. The summed E-state index contributed by atoms with van der Waals surface area (Å²) in [6.07, 6.45) is 2.15. The lowest BCUT2D eigenvalue weighted by molar-refractivity contribution is -0.165. The lowest BCUT2D eigenvalue weighted by atomic mass is 10.2. The molecule has 0 amide bonds. The largest absolute Gasteiger partial charge is 0.476 e. The van der Waals surface area contributed by atoms with Gasteiger partial charge in [0.1, 0.15) is 12.2 Å². The highest BCUT2D eigenvalue weighted by atomic mass is 32.2. The van der Waals surface area contributed by atoms with Gasteiger partial charge in [0.25, 0.3) is 0 Å². The zero-order valence-electron chi connectivity index (χ0n) is 17.4. The summed E-state index contributed by atoms with van der Waals surface area (Å²) in [7, 11) is 0. The van der Waals surface area contributed by atoms with Gasteiger partial charge in [-0.2, -0.15) is 4.98 Å². The number of rotatable bonds is 8. The molecule has 4 atom stereocenters. The number of hydrogen-bond acceptors (Lipinski definition) is 9. The Hall–Kier alpha value is -1.49. The number of fused-ring (bicyclic) bond motifs is 2. The van der Waals surface area contributed by atoms with E-state index in [1.165, 1.54) is 0 Å². The van der Waals surface area contributed by atoms with Crippen LogP contribution in [0.1, 0.15) is 59.4 Å². The molecular weight excluding hydrogens is 394 g/mol. The van der Waals surface area contributed by atoms with E-state index in [9.17, 15) is 5.11 Å². The molecule has 2 aromatic rings. The van der Waals surface area contributed by atoms with Gasteiger partial charge >= 0.3 is 0 Å². The Labute approximate surface area is 174 Å². The molecule has 29 heavy (non-hydrogen) atoms. The van der Waals surface area contributed by atoms with Gasteiger partial charge in [-0.1, -0.05) is 37.2 Å². The summed E-state index contributed by atoms with van der Waals surface area (Å²) in [6.45, 7) is 8.52. The minimum atomic E-state index is -0.739. The molecule has 2 fully saturated rings. The molecule has 2 aromatic heterocycles. The van der Waals surface area contributed by atoms with E-state index in [0.29, 0.717) is 35.2 Å². The highest BCUT2D eigenvalue weighted by molar-refractivity contribution is 7.99. The molecule has 0 spiro atoms. The Bertz CT molecular complexity index is 860. The maximum atomic E-state index is 10.5. The minimum Gasteiger partial charge on any atom is -0.476 e. The van der Waals surface area contributed by atoms with Gasteiger partial charge in [-0.25, -0.2) is 9.67 Å². The lowest BCUT2D eigenvalue weighted by Crippen LogP contribution is -2.29. The van der Waals surface area contributed by atoms with Crippen LogP contribution < -0.4 is 4.74 Å². The summed E-state index contributed by atoms with van der Waals surface area (Å²) in [5.41, 5.74) is 1.15. The Balaban J connectivity index is 1.70. The highest BCUT2D eigenvalue weighted by Gasteiger charge is 2.55. The molecule has 10 heteroatoms. The topological polar surface area (TPSA) is 104 Å². The fourth-order valence-corrected chi connectivity index (χ4v) is 4.53. The normalized spacial score (nSPS) is 28.2. The molecule has 1 N–H and O–H groups in total. The third-order valence-electron chi connectivity index (χ3n) is 5.16. The van der Waals surface area contributed by atoms with E-state index < -0.39 is 11.9 Å². The molecule has 0 unspecified atom stereocenters. The second-order valence-electron chi connectivity index (χ2n) is 8.00. The number of aliphatic hydroxyl groups is 1. The number of aromatic nitrogens is 5. The summed E-state index contributed by atoms with van der Waals surface area (Å²) in [5.74, 6) is 0.642. The van der Waals surface area contributed by atoms with Crippen molar-refractivity contribution in [2.45, 2.75) is 88.7 Å². The predicted octanol–water partition coefficient (Wildman–Crippen LogP) is 2.73. The molecule has 9 nitrogen and oxygen atoms in total. The van der Waals surface area contributed by atoms with Crippen LogP contribution in [0, 0.1) is 0 Å². The highest BCUT2D eigenvalue weighted by Crippen LogP contribution is 2.44. The minimum absolute atomic E-state index is 0.218. The maximum absolute atomic E-state index is 10.5. The van der Waals surface area contributed by atoms with Gasteiger partial charge in [0.05, 0.1) is 18.8 Å². The molecule has 0 aromatic carbocycles. The number of unbranched alkanes of at least 4 members (excludes halogenated alkanes) is 1. The standard InChI is InChI=1S/C19H29N5O4S/c1-5-7-8-26-17-13-16(20-18(21-17)29-9-6-2)24(23-22-13)11-10-12(25)15-14(11)27-19(3,4)28-15/h11-12,14-15,25H,5-10H2,1-4H3/t11-,12+,14+,15-/m1/s1. The van der Waals surface area contributed by atoms with Crippen LogP contribution in [0.2, 0.25) is 0 Å². The first kappa shape index (κ1) is 20.8. The predicted molar refractivity (Wildman–Crippen MR) is 108 cm³/mol. The summed E-state index contributed by atoms with van der Waals surface area (Å²) in [4.78, 5) is 9.28. The van der Waals surface area contributed by atoms with Crippen LogP contribution in [-0.2, 0) is 9.47 Å². The third-order valence-corrected chi connectivity index (χ3v) is 6.22. The first-order valence-corrected chi connectivity index (χ1v) is 11.3. The van der Waals surface area contributed by atoms with Crippen LogP contribution in [0.5, 0.6) is 5.88 Å². The average Bonchev–Trinajstić information content (AvgIpc) is 3.32. The Kier molecular flexibility index (Phi) is 5.97. The third kappa shape index (κ3) is 4.08. The van der Waals surface area contributed by atoms with Crippen molar-refractivity contribution in [3.8, 4) is 5.88 Å². The molecule has 4 rings (SSSR count). The molecule has 0 radical (unpaired) electrons. The molecule has 1 saturated heterocycles. The van der Waals surface area contributed by atoms with E-state index in [2.05, 4.69) is 29.1 Å². The monoisotopic (exact) mass is 423 g/mol. The van der Waals surface area contributed by atoms with E-state index in [1.807, 2.05) is 13.8 Å². The van der Waals surface area contributed by atoms with Crippen LogP contribution in [0.4, 0.5) is 0 Å². The van der Waals surface area contributed by atoms with E-state index in [4.69, 9.17) is 19.2 Å². The summed E-state index contributed by atoms with van der Waals surface area (Å²) < 4.78 is 19.6. The van der Waals surface area contributed by atoms with E-state index in [1.54, 1.807) is 16.4 Å². The lowest BCUT2D eigenvalue weighted by Gasteiger charge is -2.22. The zero-order chi connectivity index (χ0) is 20.6. The molecule has 2 aliphatic rings. The van der Waals surface area contributed by atoms with Gasteiger partial charge in [-0.05, 0) is 26.7 Å². The van der Waals surface area contributed by atoms with Gasteiger partial charge in [0.2, 0.25) is 5.88 Å². The molecular formula is C19H29N5O4S. The fraction of sp³-hybridized carbons (Fsp3) is 0.789. The Morgan fingerprint density at radius 2 is 2.00 bits per heavy atom. The van der Waals surface area contributed by atoms with Gasteiger partial charge in [-0.3, -0.25) is 0 Å². The first-order valence-electron chi connectivity index (χ1n) is 10.4. The van der Waals surface area contributed by atoms with E-state index in [0.717, 1.165) is 25.0 Å². The van der Waals surface area contributed by atoms with Crippen molar-refractivity contribution >= 4 is 22.9 Å². The number of thioether (sulfide) groups is 1. The van der Waals surface area contributed by atoms with Crippen LogP contribution in [0.25, 0.3) is 11.2 Å². The van der Waals surface area contributed by atoms with Crippen LogP contribution in [-0.4, -0.2) is 66.5 Å². The summed E-state index contributed by atoms with van der Waals surface area (Å²) in [6, 6.07) is -0.218. The van der Waals surface area contributed by atoms with Crippen molar-refractivity contribution in [2.75, 3.05) is 12.4 Å². The first-order chi connectivity index (χ1) is 13.9. The fourth-order valence-electron chi connectivity index (χ4n) is 3.85. The second kappa shape index (κ2) is 8.33. The van der Waals surface area contributed by atoms with Crippen LogP contribution >= 0.6 is 11.8 Å². The van der Waals surface area contributed by atoms with Crippen molar-refractivity contribution < 1.29 is 19.3 Å². The Morgan fingerprint density at radius 1 is 1.21 bits per heavy atom. The van der Waals surface area contributed by atoms with Gasteiger partial charge in [0, 0.05) is 12.2 Å². The van der Waals surface area contributed by atoms with Crippen LogP contribution in [0.15, 0.2) is 5.16 Å². The zero-order valence-corrected chi connectivity index (χ0v) is 18.2. The molecule has 0 bridgehead atoms. The molecule has 3 heterocycles. The summed E-state index contributed by atoms with van der Waals surface area (Å²) >= 11 is 1.59. The molecule has 1 aliphatic heterocycles. The quantitative estimate of drug-likeness (QED) is 0.390. The van der Waals surface area contributed by atoms with Crippen molar-refractivity contribution in [3.05, 3.63) is 0 Å². The Morgan fingerprint density at radius 3 is 2.76 bits per heavy atom. The van der Waals surface area contributed by atoms with Gasteiger partial charge < -0.3 is 19.3 Å². The molecule has 1 aliphatic carbocycles. The maximum Gasteiger partial charge on any atom is 0.248 e. The summed E-state index contributed by atoms with van der Waals surface area (Å²) in [5, 5.41) is 19.8. The van der Waals surface area contributed by atoms with Crippen molar-refractivity contribution in [2.24, 2.45) is 0 Å². The number of hydrogen-bond donors (Lipinski definition) is 1. The number of ether oxygens (including phenoxy) is 3. The van der Waals surface area contributed by atoms with Crippen molar-refractivity contribution in [1.29, 1.82) is 0 Å². The molecule has 1 saturated carbocycles.